The van der Waals surface area contributed by atoms with E-state index in [9.17, 15) is 4.39 Å². The lowest BCUT2D eigenvalue weighted by Gasteiger charge is -2.33. The molecule has 0 aliphatic carbocycles. The third kappa shape index (κ3) is 5.75. The lowest BCUT2D eigenvalue weighted by molar-refractivity contribution is -0.0328. The second-order valence-corrected chi connectivity index (χ2v) is 6.62. The number of halogens is 1. The van der Waals surface area contributed by atoms with Gasteiger partial charge in [0.05, 0.1) is 19.3 Å². The Hall–Kier alpha value is -2.05. The lowest BCUT2D eigenvalue weighted by Crippen LogP contribution is -2.43. The van der Waals surface area contributed by atoms with Gasteiger partial charge in [0.25, 0.3) is 0 Å². The number of hydrogen-bond acceptors (Lipinski definition) is 5. The average Bonchev–Trinajstić information content (AvgIpc) is 2.65. The first-order valence-corrected chi connectivity index (χ1v) is 9.19. The number of para-hydroxylation sites is 1. The van der Waals surface area contributed by atoms with Crippen LogP contribution in [0, 0.1) is 12.7 Å². The van der Waals surface area contributed by atoms with E-state index in [0.717, 1.165) is 56.9 Å². The van der Waals surface area contributed by atoms with Gasteiger partial charge in [0.15, 0.2) is 11.6 Å². The molecule has 0 amide bonds. The Morgan fingerprint density at radius 3 is 3.04 bits per heavy atom. The van der Waals surface area contributed by atoms with Gasteiger partial charge in [-0.2, -0.15) is 0 Å². The minimum atomic E-state index is -0.307. The van der Waals surface area contributed by atoms with E-state index in [1.165, 1.54) is 6.07 Å². The van der Waals surface area contributed by atoms with Gasteiger partial charge in [-0.3, -0.25) is 4.90 Å². The summed E-state index contributed by atoms with van der Waals surface area (Å²) in [6, 6.07) is 8.56. The van der Waals surface area contributed by atoms with Crippen LogP contribution in [0.25, 0.3) is 0 Å². The van der Waals surface area contributed by atoms with E-state index >= 15 is 0 Å². The van der Waals surface area contributed by atoms with Crippen molar-refractivity contribution in [3.8, 4) is 5.75 Å². The molecule has 0 radical (unpaired) electrons. The molecular weight excluding hydrogens is 333 g/mol. The fraction of sp³-hybridized carbons (Fsp3) is 0.500. The zero-order valence-corrected chi connectivity index (χ0v) is 15.2. The summed E-state index contributed by atoms with van der Waals surface area (Å²) >= 11 is 0. The summed E-state index contributed by atoms with van der Waals surface area (Å²) in [5, 5.41) is 0. The van der Waals surface area contributed by atoms with Crippen molar-refractivity contribution < 1.29 is 13.9 Å². The molecule has 1 unspecified atom stereocenters. The first-order valence-electron chi connectivity index (χ1n) is 9.19. The van der Waals surface area contributed by atoms with Crippen LogP contribution in [-0.4, -0.2) is 53.8 Å². The van der Waals surface area contributed by atoms with Crippen molar-refractivity contribution >= 4 is 0 Å². The highest BCUT2D eigenvalue weighted by molar-refractivity contribution is 5.23. The van der Waals surface area contributed by atoms with Gasteiger partial charge in [0, 0.05) is 31.0 Å². The van der Waals surface area contributed by atoms with Gasteiger partial charge in [0.1, 0.15) is 6.33 Å². The van der Waals surface area contributed by atoms with Gasteiger partial charge in [-0.1, -0.05) is 12.1 Å². The molecule has 1 fully saturated rings. The average molecular weight is 359 g/mol. The van der Waals surface area contributed by atoms with E-state index in [1.807, 2.05) is 13.0 Å². The van der Waals surface area contributed by atoms with Crippen LogP contribution in [-0.2, 0) is 11.2 Å². The normalized spacial score (nSPS) is 18.0. The van der Waals surface area contributed by atoms with Gasteiger partial charge in [-0.25, -0.2) is 14.4 Å². The lowest BCUT2D eigenvalue weighted by atomic mass is 10.1. The van der Waals surface area contributed by atoms with Crippen molar-refractivity contribution in [3.63, 3.8) is 0 Å². The fourth-order valence-corrected chi connectivity index (χ4v) is 3.15. The minimum Gasteiger partial charge on any atom is -0.490 e. The van der Waals surface area contributed by atoms with Crippen LogP contribution in [0.4, 0.5) is 4.39 Å². The number of rotatable bonds is 8. The van der Waals surface area contributed by atoms with Crippen LogP contribution in [0.2, 0.25) is 0 Å². The van der Waals surface area contributed by atoms with Crippen LogP contribution >= 0.6 is 0 Å². The number of aryl methyl sites for hydroxylation is 2. The highest BCUT2D eigenvalue weighted by Gasteiger charge is 2.20. The minimum absolute atomic E-state index is 0.228. The number of nitrogens with zero attached hydrogens (tertiary/aromatic N) is 3. The van der Waals surface area contributed by atoms with E-state index in [0.29, 0.717) is 12.4 Å². The van der Waals surface area contributed by atoms with Gasteiger partial charge in [0.2, 0.25) is 0 Å². The maximum Gasteiger partial charge on any atom is 0.165 e. The number of aromatic nitrogens is 2. The molecule has 0 bridgehead atoms. The largest absolute Gasteiger partial charge is 0.490 e. The first-order chi connectivity index (χ1) is 12.7. The highest BCUT2D eigenvalue weighted by Crippen LogP contribution is 2.16. The molecule has 140 valence electrons. The Bertz CT molecular complexity index is 698. The van der Waals surface area contributed by atoms with Gasteiger partial charge in [-0.05, 0) is 44.4 Å². The highest BCUT2D eigenvalue weighted by atomic mass is 19.1. The molecule has 5 nitrogen and oxygen atoms in total. The Morgan fingerprint density at radius 2 is 2.19 bits per heavy atom. The Labute approximate surface area is 154 Å². The Kier molecular flexibility index (Phi) is 6.91. The van der Waals surface area contributed by atoms with Crippen molar-refractivity contribution in [1.82, 2.24) is 14.9 Å². The molecule has 1 aliphatic heterocycles. The maximum atomic E-state index is 13.5. The maximum absolute atomic E-state index is 13.5. The second-order valence-electron chi connectivity index (χ2n) is 6.62. The molecule has 1 aromatic heterocycles. The molecule has 0 N–H and O–H groups in total. The van der Waals surface area contributed by atoms with Crippen LogP contribution in [0.5, 0.6) is 5.75 Å². The summed E-state index contributed by atoms with van der Waals surface area (Å²) in [4.78, 5) is 10.8. The molecule has 2 aromatic rings. The predicted octanol–water partition coefficient (Wildman–Crippen LogP) is 3.03. The van der Waals surface area contributed by atoms with Gasteiger partial charge >= 0.3 is 0 Å². The van der Waals surface area contributed by atoms with Gasteiger partial charge < -0.3 is 9.47 Å². The van der Waals surface area contributed by atoms with Crippen molar-refractivity contribution in [2.75, 3.05) is 32.8 Å². The molecule has 1 saturated heterocycles. The number of benzene rings is 1. The van der Waals surface area contributed by atoms with Gasteiger partial charge in [-0.15, -0.1) is 0 Å². The zero-order chi connectivity index (χ0) is 18.2. The van der Waals surface area contributed by atoms with Crippen molar-refractivity contribution in [3.05, 3.63) is 53.9 Å². The van der Waals surface area contributed by atoms with Crippen molar-refractivity contribution in [2.45, 2.75) is 32.3 Å². The fourth-order valence-electron chi connectivity index (χ4n) is 3.15. The number of morpholine rings is 1. The van der Waals surface area contributed by atoms with Crippen LogP contribution in [0.1, 0.15) is 24.2 Å². The van der Waals surface area contributed by atoms with E-state index in [4.69, 9.17) is 9.47 Å². The summed E-state index contributed by atoms with van der Waals surface area (Å²) in [7, 11) is 0. The predicted molar refractivity (Wildman–Crippen MR) is 97.8 cm³/mol. The smallest absolute Gasteiger partial charge is 0.165 e. The van der Waals surface area contributed by atoms with Crippen molar-refractivity contribution in [2.24, 2.45) is 0 Å². The standard InChI is InChI=1S/C20H26FN3O2/c1-16-13-17(23-15-22-16)7-8-18-14-24(10-12-25-18)9-4-11-26-20-6-3-2-5-19(20)21/h2-3,5-6,13,15,18H,4,7-12,14H2,1H3. The molecule has 0 spiro atoms. The molecule has 6 heteroatoms. The summed E-state index contributed by atoms with van der Waals surface area (Å²) in [6.45, 7) is 6.03. The molecular formula is C20H26FN3O2. The third-order valence-corrected chi connectivity index (χ3v) is 4.52. The summed E-state index contributed by atoms with van der Waals surface area (Å²) in [5.41, 5.74) is 2.06. The van der Waals surface area contributed by atoms with Crippen molar-refractivity contribution in [1.29, 1.82) is 0 Å². The monoisotopic (exact) mass is 359 g/mol. The number of ether oxygens (including phenoxy) is 2. The zero-order valence-electron chi connectivity index (χ0n) is 15.2. The second kappa shape index (κ2) is 9.59. The molecule has 1 aliphatic rings. The van der Waals surface area contributed by atoms with E-state index in [1.54, 1.807) is 24.5 Å². The van der Waals surface area contributed by atoms with Crippen LogP contribution < -0.4 is 4.74 Å². The quantitative estimate of drug-likeness (QED) is 0.678. The summed E-state index contributed by atoms with van der Waals surface area (Å²) < 4.78 is 24.9. The molecule has 26 heavy (non-hydrogen) atoms. The molecule has 2 heterocycles. The van der Waals surface area contributed by atoms with E-state index in [-0.39, 0.29) is 11.9 Å². The van der Waals surface area contributed by atoms with Crippen LogP contribution in [0.15, 0.2) is 36.7 Å². The first kappa shape index (κ1) is 18.7. The molecule has 3 rings (SSSR count). The Morgan fingerprint density at radius 1 is 1.31 bits per heavy atom. The van der Waals surface area contributed by atoms with Crippen LogP contribution in [0.3, 0.4) is 0 Å². The SMILES string of the molecule is Cc1cc(CCC2CN(CCCOc3ccccc3F)CCO2)ncn1. The molecule has 1 aromatic carbocycles. The summed E-state index contributed by atoms with van der Waals surface area (Å²) in [5.74, 6) is 0.0198. The molecule has 0 saturated carbocycles. The topological polar surface area (TPSA) is 47.5 Å². The van der Waals surface area contributed by atoms with E-state index in [2.05, 4.69) is 14.9 Å². The van der Waals surface area contributed by atoms with E-state index < -0.39 is 0 Å². The third-order valence-electron chi connectivity index (χ3n) is 4.52. The summed E-state index contributed by atoms with van der Waals surface area (Å²) in [6.07, 6.45) is 4.57. The molecule has 1 atom stereocenters. The Balaban J connectivity index is 1.36. The number of hydrogen-bond donors (Lipinski definition) is 0.